The monoisotopic (exact) mass is 582 g/mol. The standard InChI is InChI=1S/C37H30N2O5/c1-20-8-7-9-23(16-20)38-19-22(18-30(38)40)37(43)44-24-14-15-29(21(2)17-24)39-35(41)33-31-25-10-3-4-11-26(25)32(34(33)36(39)42)28-13-6-5-12-27(28)31/h3-17,22,31-34H,18-19H2,1-2H3/t22-,31?,32?,33-,34-/m1/s1. The summed E-state index contributed by atoms with van der Waals surface area (Å²) in [6.45, 7) is 4.03. The fourth-order valence-corrected chi connectivity index (χ4v) is 7.97. The Labute approximate surface area is 255 Å². The van der Waals surface area contributed by atoms with E-state index in [0.29, 0.717) is 17.0 Å². The Morgan fingerprint density at radius 1 is 0.727 bits per heavy atom. The first kappa shape index (κ1) is 26.6. The molecule has 2 aliphatic heterocycles. The summed E-state index contributed by atoms with van der Waals surface area (Å²) in [6, 6.07) is 29.0. The zero-order chi connectivity index (χ0) is 30.3. The fourth-order valence-electron chi connectivity index (χ4n) is 7.97. The number of rotatable bonds is 4. The normalized spacial score (nSPS) is 24.8. The third-order valence-electron chi connectivity index (χ3n) is 9.85. The number of hydrogen-bond acceptors (Lipinski definition) is 5. The van der Waals surface area contributed by atoms with Crippen LogP contribution in [0.15, 0.2) is 91.0 Å². The lowest BCUT2D eigenvalue weighted by molar-refractivity contribution is -0.139. The summed E-state index contributed by atoms with van der Waals surface area (Å²) >= 11 is 0. The number of amides is 3. The molecule has 3 amide bonds. The minimum Gasteiger partial charge on any atom is -0.426 e. The van der Waals surface area contributed by atoms with Crippen molar-refractivity contribution in [2.75, 3.05) is 16.3 Å². The average Bonchev–Trinajstić information content (AvgIpc) is 3.54. The molecule has 3 aliphatic carbocycles. The van der Waals surface area contributed by atoms with Crippen LogP contribution in [0.25, 0.3) is 0 Å². The third kappa shape index (κ3) is 3.81. The topological polar surface area (TPSA) is 84.0 Å². The minimum absolute atomic E-state index is 0.0799. The number of anilines is 2. The predicted octanol–water partition coefficient (Wildman–Crippen LogP) is 5.66. The van der Waals surface area contributed by atoms with Gasteiger partial charge in [-0.1, -0.05) is 60.7 Å². The largest absolute Gasteiger partial charge is 0.426 e. The molecule has 7 heteroatoms. The highest BCUT2D eigenvalue weighted by Gasteiger charge is 2.61. The molecule has 0 unspecified atom stereocenters. The van der Waals surface area contributed by atoms with Gasteiger partial charge in [0.1, 0.15) is 5.75 Å². The van der Waals surface area contributed by atoms with Gasteiger partial charge in [0.05, 0.1) is 23.4 Å². The maximum absolute atomic E-state index is 14.1. The molecule has 0 N–H and O–H groups in total. The maximum atomic E-state index is 14.1. The molecular weight excluding hydrogens is 552 g/mol. The highest BCUT2D eigenvalue weighted by Crippen LogP contribution is 2.61. The van der Waals surface area contributed by atoms with Gasteiger partial charge in [-0.25, -0.2) is 4.90 Å². The smallest absolute Gasteiger partial charge is 0.316 e. The van der Waals surface area contributed by atoms with Gasteiger partial charge in [-0.15, -0.1) is 0 Å². The van der Waals surface area contributed by atoms with Crippen LogP contribution >= 0.6 is 0 Å². The van der Waals surface area contributed by atoms with Crippen LogP contribution in [-0.2, 0) is 19.2 Å². The van der Waals surface area contributed by atoms with Crippen molar-refractivity contribution in [1.29, 1.82) is 0 Å². The first-order chi connectivity index (χ1) is 21.3. The fraction of sp³-hybridized carbons (Fsp3) is 0.243. The van der Waals surface area contributed by atoms with Crippen LogP contribution in [0.2, 0.25) is 0 Å². The summed E-state index contributed by atoms with van der Waals surface area (Å²) in [5.41, 5.74) is 7.48. The number of ether oxygens (including phenoxy) is 1. The summed E-state index contributed by atoms with van der Waals surface area (Å²) in [6.07, 6.45) is 0.0799. The SMILES string of the molecule is Cc1cccc(N2C[C@H](C(=O)Oc3ccc(N4C(=O)[C@@H]5C6c7ccccc7C(c7ccccc76)[C@H]5C4=O)c(C)c3)CC2=O)c1. The molecule has 44 heavy (non-hydrogen) atoms. The van der Waals surface area contributed by atoms with Gasteiger partial charge in [0, 0.05) is 30.5 Å². The number of imide groups is 1. The summed E-state index contributed by atoms with van der Waals surface area (Å²) in [7, 11) is 0. The van der Waals surface area contributed by atoms with E-state index in [9.17, 15) is 19.2 Å². The second kappa shape index (κ2) is 9.74. The molecule has 9 rings (SSSR count). The van der Waals surface area contributed by atoms with E-state index in [2.05, 4.69) is 24.3 Å². The van der Waals surface area contributed by atoms with E-state index in [1.165, 1.54) is 4.90 Å². The van der Waals surface area contributed by atoms with E-state index in [4.69, 9.17) is 4.74 Å². The molecular formula is C37H30N2O5. The number of benzene rings is 4. The number of esters is 1. The Bertz CT molecular complexity index is 1800. The van der Waals surface area contributed by atoms with Crippen LogP contribution in [0.3, 0.4) is 0 Å². The van der Waals surface area contributed by atoms with E-state index in [1.54, 1.807) is 23.1 Å². The quantitative estimate of drug-likeness (QED) is 0.176. The number of hydrogen-bond donors (Lipinski definition) is 0. The Morgan fingerprint density at radius 3 is 1.86 bits per heavy atom. The van der Waals surface area contributed by atoms with E-state index < -0.39 is 23.7 Å². The second-order valence-electron chi connectivity index (χ2n) is 12.4. The van der Waals surface area contributed by atoms with Gasteiger partial charge in [0.25, 0.3) is 0 Å². The molecule has 0 radical (unpaired) electrons. The molecule has 2 fully saturated rings. The van der Waals surface area contributed by atoms with E-state index >= 15 is 0 Å². The summed E-state index contributed by atoms with van der Waals surface area (Å²) < 4.78 is 5.72. The summed E-state index contributed by atoms with van der Waals surface area (Å²) in [5, 5.41) is 0. The maximum Gasteiger partial charge on any atom is 0.316 e. The second-order valence-corrected chi connectivity index (χ2v) is 12.4. The predicted molar refractivity (Wildman–Crippen MR) is 164 cm³/mol. The molecule has 2 bridgehead atoms. The van der Waals surface area contributed by atoms with Gasteiger partial charge in [-0.2, -0.15) is 0 Å². The Balaban J connectivity index is 1.05. The molecule has 4 aromatic rings. The van der Waals surface area contributed by atoms with Crippen molar-refractivity contribution in [2.24, 2.45) is 17.8 Å². The number of carbonyl (C=O) groups is 4. The molecule has 0 spiro atoms. The zero-order valence-electron chi connectivity index (χ0n) is 24.4. The van der Waals surface area contributed by atoms with Crippen molar-refractivity contribution in [1.82, 2.24) is 0 Å². The highest BCUT2D eigenvalue weighted by atomic mass is 16.5. The Kier molecular flexibility index (Phi) is 5.88. The Morgan fingerprint density at radius 2 is 1.32 bits per heavy atom. The zero-order valence-corrected chi connectivity index (χ0v) is 24.4. The van der Waals surface area contributed by atoms with Gasteiger partial charge in [0.2, 0.25) is 17.7 Å². The summed E-state index contributed by atoms with van der Waals surface area (Å²) in [4.78, 5) is 57.1. The van der Waals surface area contributed by atoms with Crippen molar-refractivity contribution < 1.29 is 23.9 Å². The van der Waals surface area contributed by atoms with Crippen molar-refractivity contribution in [3.63, 3.8) is 0 Å². The van der Waals surface area contributed by atoms with Crippen LogP contribution in [0.4, 0.5) is 11.4 Å². The van der Waals surface area contributed by atoms with Crippen LogP contribution in [0.5, 0.6) is 5.75 Å². The van der Waals surface area contributed by atoms with Gasteiger partial charge in [-0.05, 0) is 77.6 Å². The average molecular weight is 583 g/mol. The molecule has 4 aromatic carbocycles. The van der Waals surface area contributed by atoms with Gasteiger partial charge in [-0.3, -0.25) is 19.2 Å². The van der Waals surface area contributed by atoms with Crippen LogP contribution in [0.1, 0.15) is 51.6 Å². The molecule has 3 atom stereocenters. The lowest BCUT2D eigenvalue weighted by atomic mass is 9.55. The number of aryl methyl sites for hydroxylation is 2. The first-order valence-corrected chi connectivity index (χ1v) is 15.1. The van der Waals surface area contributed by atoms with Gasteiger partial charge >= 0.3 is 5.97 Å². The van der Waals surface area contributed by atoms with E-state index in [0.717, 1.165) is 33.5 Å². The molecule has 7 nitrogen and oxygen atoms in total. The van der Waals surface area contributed by atoms with Crippen molar-refractivity contribution in [3.05, 3.63) is 124 Å². The van der Waals surface area contributed by atoms with E-state index in [-0.39, 0.29) is 42.5 Å². The number of nitrogens with zero attached hydrogens (tertiary/aromatic N) is 2. The lowest BCUT2D eigenvalue weighted by Crippen LogP contribution is -2.41. The van der Waals surface area contributed by atoms with Crippen molar-refractivity contribution >= 4 is 35.1 Å². The van der Waals surface area contributed by atoms with Crippen LogP contribution in [-0.4, -0.2) is 30.2 Å². The minimum atomic E-state index is -0.591. The van der Waals surface area contributed by atoms with Crippen LogP contribution < -0.4 is 14.5 Å². The molecule has 2 heterocycles. The van der Waals surface area contributed by atoms with Gasteiger partial charge < -0.3 is 9.64 Å². The summed E-state index contributed by atoms with van der Waals surface area (Å²) in [5.74, 6) is -2.53. The lowest BCUT2D eigenvalue weighted by Gasteiger charge is -2.45. The first-order valence-electron chi connectivity index (χ1n) is 15.1. The van der Waals surface area contributed by atoms with Crippen LogP contribution in [0, 0.1) is 31.6 Å². The van der Waals surface area contributed by atoms with Gasteiger partial charge in [0.15, 0.2) is 0 Å². The molecule has 218 valence electrons. The molecule has 5 aliphatic rings. The Hall–Kier alpha value is -5.04. The third-order valence-corrected chi connectivity index (χ3v) is 9.85. The number of carbonyl (C=O) groups excluding carboxylic acids is 4. The molecule has 2 saturated heterocycles. The highest BCUT2D eigenvalue weighted by molar-refractivity contribution is 6.23. The van der Waals surface area contributed by atoms with Crippen molar-refractivity contribution in [3.8, 4) is 5.75 Å². The van der Waals surface area contributed by atoms with Crippen molar-refractivity contribution in [2.45, 2.75) is 32.1 Å². The molecule has 0 aromatic heterocycles. The van der Waals surface area contributed by atoms with E-state index in [1.807, 2.05) is 62.4 Å². The molecule has 0 saturated carbocycles.